The molecule has 5 heteroatoms. The molecule has 1 aromatic carbocycles. The highest BCUT2D eigenvalue weighted by Gasteiger charge is 2.21. The van der Waals surface area contributed by atoms with E-state index in [1.54, 1.807) is 24.3 Å². The van der Waals surface area contributed by atoms with Crippen LogP contribution in [0.2, 0.25) is 0 Å². The Labute approximate surface area is 130 Å². The molecule has 3 rings (SSSR count). The predicted octanol–water partition coefficient (Wildman–Crippen LogP) is 4.09. The van der Waals surface area contributed by atoms with Crippen LogP contribution in [-0.2, 0) is 0 Å². The normalized spacial score (nSPS) is 18.7. The number of para-hydroxylation sites is 1. The van der Waals surface area contributed by atoms with E-state index in [2.05, 4.69) is 32.5 Å². The molecule has 0 saturated heterocycles. The van der Waals surface area contributed by atoms with Gasteiger partial charge < -0.3 is 5.11 Å². The lowest BCUT2D eigenvalue weighted by Gasteiger charge is -2.11. The maximum absolute atomic E-state index is 11.2. The molecular formula is C16H13BrN2O2. The molecule has 4 nitrogen and oxygen atoms in total. The van der Waals surface area contributed by atoms with Gasteiger partial charge >= 0.3 is 5.97 Å². The van der Waals surface area contributed by atoms with Gasteiger partial charge in [-0.3, -0.25) is 5.43 Å². The summed E-state index contributed by atoms with van der Waals surface area (Å²) in [5.41, 5.74) is 6.91. The summed E-state index contributed by atoms with van der Waals surface area (Å²) in [4.78, 5) is 11.2. The van der Waals surface area contributed by atoms with Crippen molar-refractivity contribution >= 4 is 33.3 Å². The lowest BCUT2D eigenvalue weighted by atomic mass is 10.0. The van der Waals surface area contributed by atoms with E-state index in [9.17, 15) is 4.79 Å². The van der Waals surface area contributed by atoms with Crippen molar-refractivity contribution in [1.82, 2.24) is 0 Å². The Hall–Kier alpha value is -2.14. The number of allylic oxidation sites excluding steroid dienone is 6. The summed E-state index contributed by atoms with van der Waals surface area (Å²) in [7, 11) is 0. The van der Waals surface area contributed by atoms with Crippen LogP contribution in [0.15, 0.2) is 63.2 Å². The van der Waals surface area contributed by atoms with Gasteiger partial charge in [0.15, 0.2) is 0 Å². The number of aromatic carboxylic acids is 1. The molecule has 0 spiro atoms. The van der Waals surface area contributed by atoms with Crippen LogP contribution in [0.4, 0.5) is 5.69 Å². The Morgan fingerprint density at radius 3 is 2.90 bits per heavy atom. The summed E-state index contributed by atoms with van der Waals surface area (Å²) in [5, 5.41) is 13.5. The third-order valence-electron chi connectivity index (χ3n) is 3.46. The highest BCUT2D eigenvalue weighted by Crippen LogP contribution is 2.34. The summed E-state index contributed by atoms with van der Waals surface area (Å²) in [6.45, 7) is 0. The van der Waals surface area contributed by atoms with E-state index in [1.165, 1.54) is 5.57 Å². The van der Waals surface area contributed by atoms with Crippen LogP contribution in [0.25, 0.3) is 0 Å². The number of rotatable bonds is 3. The standard InChI is InChI=1S/C16H13BrN2O2/c17-11-6-7-12-10(9-11)5-8-15(12)19-18-14-4-2-1-3-13(14)16(20)21/h1-7,18H,8-9H2,(H,20,21). The molecule has 0 aromatic heterocycles. The summed E-state index contributed by atoms with van der Waals surface area (Å²) < 4.78 is 1.16. The minimum atomic E-state index is -0.965. The van der Waals surface area contributed by atoms with Gasteiger partial charge in [-0.15, -0.1) is 0 Å². The Morgan fingerprint density at radius 2 is 2.10 bits per heavy atom. The van der Waals surface area contributed by atoms with Crippen molar-refractivity contribution in [3.8, 4) is 0 Å². The first-order chi connectivity index (χ1) is 10.1. The third kappa shape index (κ3) is 2.83. The van der Waals surface area contributed by atoms with Crippen molar-refractivity contribution in [3.63, 3.8) is 0 Å². The Balaban J connectivity index is 1.84. The van der Waals surface area contributed by atoms with Crippen LogP contribution in [0.5, 0.6) is 0 Å². The molecule has 0 radical (unpaired) electrons. The van der Waals surface area contributed by atoms with Crippen LogP contribution in [0.3, 0.4) is 0 Å². The second-order valence-corrected chi connectivity index (χ2v) is 5.84. The smallest absolute Gasteiger partial charge is 0.337 e. The zero-order chi connectivity index (χ0) is 14.8. The van der Waals surface area contributed by atoms with E-state index in [1.807, 2.05) is 12.2 Å². The topological polar surface area (TPSA) is 61.7 Å². The second-order valence-electron chi connectivity index (χ2n) is 4.83. The van der Waals surface area contributed by atoms with Crippen molar-refractivity contribution in [1.29, 1.82) is 0 Å². The molecule has 2 aliphatic rings. The number of hydrazone groups is 1. The van der Waals surface area contributed by atoms with Crippen molar-refractivity contribution in [2.75, 3.05) is 5.43 Å². The number of anilines is 1. The molecule has 2 aliphatic carbocycles. The van der Waals surface area contributed by atoms with Gasteiger partial charge in [0, 0.05) is 18.4 Å². The van der Waals surface area contributed by atoms with Gasteiger partial charge in [0.2, 0.25) is 0 Å². The number of benzene rings is 1. The number of carboxylic acids is 1. The van der Waals surface area contributed by atoms with E-state index in [-0.39, 0.29) is 5.56 Å². The molecule has 1 aromatic rings. The van der Waals surface area contributed by atoms with Crippen LogP contribution >= 0.6 is 15.9 Å². The molecule has 21 heavy (non-hydrogen) atoms. The number of nitrogens with one attached hydrogen (secondary N) is 1. The fourth-order valence-corrected chi connectivity index (χ4v) is 2.85. The minimum Gasteiger partial charge on any atom is -0.478 e. The van der Waals surface area contributed by atoms with Crippen LogP contribution in [0.1, 0.15) is 23.2 Å². The molecule has 0 fully saturated rings. The average molecular weight is 345 g/mol. The van der Waals surface area contributed by atoms with Crippen molar-refractivity contribution in [2.45, 2.75) is 12.8 Å². The SMILES string of the molecule is O=C(O)c1ccccc1NN=C1CC=C2CC(Br)=CC=C21. The summed E-state index contributed by atoms with van der Waals surface area (Å²) in [5.74, 6) is -0.965. The van der Waals surface area contributed by atoms with Crippen LogP contribution < -0.4 is 5.43 Å². The monoisotopic (exact) mass is 344 g/mol. The van der Waals surface area contributed by atoms with Gasteiger partial charge in [-0.25, -0.2) is 4.79 Å². The van der Waals surface area contributed by atoms with E-state index in [4.69, 9.17) is 5.11 Å². The first kappa shape index (κ1) is 13.8. The number of hydrogen-bond acceptors (Lipinski definition) is 3. The highest BCUT2D eigenvalue weighted by atomic mass is 79.9. The van der Waals surface area contributed by atoms with Crippen LogP contribution in [-0.4, -0.2) is 16.8 Å². The number of halogens is 1. The van der Waals surface area contributed by atoms with Gasteiger partial charge in [0.25, 0.3) is 0 Å². The molecule has 106 valence electrons. The van der Waals surface area contributed by atoms with Gasteiger partial charge in [0.1, 0.15) is 0 Å². The molecule has 0 heterocycles. The molecular weight excluding hydrogens is 332 g/mol. The predicted molar refractivity (Wildman–Crippen MR) is 86.9 cm³/mol. The number of fused-ring (bicyclic) bond motifs is 1. The molecule has 0 unspecified atom stereocenters. The molecule has 0 aliphatic heterocycles. The lowest BCUT2D eigenvalue weighted by molar-refractivity contribution is 0.0698. The fourth-order valence-electron chi connectivity index (χ4n) is 2.41. The van der Waals surface area contributed by atoms with E-state index in [0.717, 1.165) is 28.6 Å². The van der Waals surface area contributed by atoms with Crippen molar-refractivity contribution in [3.05, 3.63) is 63.7 Å². The number of hydrogen-bond donors (Lipinski definition) is 2. The van der Waals surface area contributed by atoms with Gasteiger partial charge in [0.05, 0.1) is 17.0 Å². The first-order valence-electron chi connectivity index (χ1n) is 6.56. The molecule has 2 N–H and O–H groups in total. The average Bonchev–Trinajstić information content (AvgIpc) is 2.87. The molecule has 0 saturated carbocycles. The van der Waals surface area contributed by atoms with Crippen molar-refractivity contribution in [2.24, 2.45) is 5.10 Å². The first-order valence-corrected chi connectivity index (χ1v) is 7.35. The summed E-state index contributed by atoms with van der Waals surface area (Å²) in [6.07, 6.45) is 7.87. The zero-order valence-corrected chi connectivity index (χ0v) is 12.7. The molecule has 0 amide bonds. The highest BCUT2D eigenvalue weighted by molar-refractivity contribution is 9.11. The summed E-state index contributed by atoms with van der Waals surface area (Å²) in [6, 6.07) is 6.75. The van der Waals surface area contributed by atoms with Gasteiger partial charge in [-0.1, -0.05) is 46.3 Å². The fraction of sp³-hybridized carbons (Fsp3) is 0.125. The van der Waals surface area contributed by atoms with E-state index in [0.29, 0.717) is 5.69 Å². The Kier molecular flexibility index (Phi) is 3.75. The van der Waals surface area contributed by atoms with E-state index >= 15 is 0 Å². The van der Waals surface area contributed by atoms with Crippen molar-refractivity contribution < 1.29 is 9.90 Å². The van der Waals surface area contributed by atoms with E-state index < -0.39 is 5.97 Å². The third-order valence-corrected chi connectivity index (χ3v) is 4.00. The molecule has 0 bridgehead atoms. The Morgan fingerprint density at radius 1 is 1.29 bits per heavy atom. The van der Waals surface area contributed by atoms with Crippen LogP contribution in [0, 0.1) is 0 Å². The number of nitrogens with zero attached hydrogens (tertiary/aromatic N) is 1. The number of carboxylic acid groups (broad SMARTS) is 1. The maximum Gasteiger partial charge on any atom is 0.337 e. The largest absolute Gasteiger partial charge is 0.478 e. The molecule has 0 atom stereocenters. The summed E-state index contributed by atoms with van der Waals surface area (Å²) >= 11 is 3.50. The minimum absolute atomic E-state index is 0.216. The lowest BCUT2D eigenvalue weighted by Crippen LogP contribution is -2.06. The maximum atomic E-state index is 11.2. The van der Waals surface area contributed by atoms with Gasteiger partial charge in [-0.05, 0) is 22.2 Å². The number of carbonyl (C=O) groups is 1. The van der Waals surface area contributed by atoms with Gasteiger partial charge in [-0.2, -0.15) is 5.10 Å². The quantitative estimate of drug-likeness (QED) is 0.811. The Bertz CT molecular complexity index is 730. The second kappa shape index (κ2) is 5.69. The zero-order valence-electron chi connectivity index (χ0n) is 11.1.